The molecular formula is C21H40. The number of unbranched alkanes of at least 4 members (excludes halogenated alkanes) is 12. The summed E-state index contributed by atoms with van der Waals surface area (Å²) in [6, 6.07) is 0. The second kappa shape index (κ2) is 19.5. The molecule has 0 saturated heterocycles. The lowest BCUT2D eigenvalue weighted by atomic mass is 10.1. The van der Waals surface area contributed by atoms with Crippen LogP contribution in [0.2, 0.25) is 0 Å². The van der Waals surface area contributed by atoms with Gasteiger partial charge in [0.15, 0.2) is 0 Å². The molecule has 0 spiro atoms. The Kier molecular flexibility index (Phi) is 19.0. The fourth-order valence-corrected chi connectivity index (χ4v) is 2.59. The van der Waals surface area contributed by atoms with Crippen molar-refractivity contribution in [3.63, 3.8) is 0 Å². The smallest absolute Gasteiger partial charge is 0.0169 e. The molecule has 0 rings (SSSR count). The molecule has 0 amide bonds. The summed E-state index contributed by atoms with van der Waals surface area (Å²) in [5, 5.41) is 0. The molecule has 0 saturated carbocycles. The third-order valence-corrected chi connectivity index (χ3v) is 4.05. The molecule has 0 heterocycles. The van der Waals surface area contributed by atoms with Crippen molar-refractivity contribution >= 4 is 0 Å². The first-order chi connectivity index (χ1) is 10.4. The second-order valence-corrected chi connectivity index (χ2v) is 6.29. The molecule has 124 valence electrons. The highest BCUT2D eigenvalue weighted by atomic mass is 14.0. The summed E-state index contributed by atoms with van der Waals surface area (Å²) in [6.45, 7) is 4.55. The Labute approximate surface area is 135 Å². The van der Waals surface area contributed by atoms with Crippen LogP contribution in [0.25, 0.3) is 0 Å². The zero-order chi connectivity index (χ0) is 15.4. The SMILES string of the molecule is CCCCC/C=C\CC=CCCCCCCCCCCC. The van der Waals surface area contributed by atoms with Gasteiger partial charge in [0.25, 0.3) is 0 Å². The summed E-state index contributed by atoms with van der Waals surface area (Å²) >= 11 is 0. The van der Waals surface area contributed by atoms with Crippen LogP contribution >= 0.6 is 0 Å². The van der Waals surface area contributed by atoms with Crippen LogP contribution in [0.1, 0.15) is 110 Å². The summed E-state index contributed by atoms with van der Waals surface area (Å²) < 4.78 is 0. The summed E-state index contributed by atoms with van der Waals surface area (Å²) in [5.41, 5.74) is 0. The van der Waals surface area contributed by atoms with Crippen molar-refractivity contribution in [3.8, 4) is 0 Å². The highest BCUT2D eigenvalue weighted by molar-refractivity contribution is 4.92. The van der Waals surface area contributed by atoms with Gasteiger partial charge in [0.1, 0.15) is 0 Å². The van der Waals surface area contributed by atoms with E-state index in [1.165, 1.54) is 89.9 Å². The number of allylic oxidation sites excluding steroid dienone is 4. The van der Waals surface area contributed by atoms with Gasteiger partial charge in [-0.25, -0.2) is 0 Å². The maximum absolute atomic E-state index is 2.37. The summed E-state index contributed by atoms with van der Waals surface area (Å²) in [6.07, 6.45) is 29.9. The van der Waals surface area contributed by atoms with Crippen LogP contribution < -0.4 is 0 Å². The van der Waals surface area contributed by atoms with Crippen LogP contribution in [-0.4, -0.2) is 0 Å². The Bertz CT molecular complexity index is 224. The van der Waals surface area contributed by atoms with Gasteiger partial charge >= 0.3 is 0 Å². The first kappa shape index (κ1) is 20.5. The molecule has 0 aliphatic heterocycles. The van der Waals surface area contributed by atoms with Crippen LogP contribution in [-0.2, 0) is 0 Å². The zero-order valence-corrected chi connectivity index (χ0v) is 14.9. The largest absolute Gasteiger partial charge is 0.0882 e. The van der Waals surface area contributed by atoms with Crippen LogP contribution in [0.3, 0.4) is 0 Å². The summed E-state index contributed by atoms with van der Waals surface area (Å²) in [5.74, 6) is 0. The second-order valence-electron chi connectivity index (χ2n) is 6.29. The number of hydrogen-bond acceptors (Lipinski definition) is 0. The van der Waals surface area contributed by atoms with Crippen molar-refractivity contribution < 1.29 is 0 Å². The standard InChI is InChI=1S/C21H40/c1-3-5-7-9-11-13-15-17-19-21-20-18-16-14-12-10-8-6-4-2/h11,13,17,19H,3-10,12,14-16,18,20-21H2,1-2H3/b13-11-,19-17?. The van der Waals surface area contributed by atoms with Gasteiger partial charge in [0.2, 0.25) is 0 Å². The molecule has 0 fully saturated rings. The van der Waals surface area contributed by atoms with Crippen LogP contribution in [0.15, 0.2) is 24.3 Å². The van der Waals surface area contributed by atoms with Gasteiger partial charge in [-0.05, 0) is 32.1 Å². The lowest BCUT2D eigenvalue weighted by Crippen LogP contribution is -1.80. The van der Waals surface area contributed by atoms with Crippen LogP contribution in [0, 0.1) is 0 Å². The average molecular weight is 293 g/mol. The predicted octanol–water partition coefficient (Wildman–Crippen LogP) is 7.99. The summed E-state index contributed by atoms with van der Waals surface area (Å²) in [7, 11) is 0. The Morgan fingerprint density at radius 3 is 1.33 bits per heavy atom. The fraction of sp³-hybridized carbons (Fsp3) is 0.810. The molecular weight excluding hydrogens is 252 g/mol. The van der Waals surface area contributed by atoms with E-state index in [2.05, 4.69) is 38.2 Å². The van der Waals surface area contributed by atoms with Gasteiger partial charge < -0.3 is 0 Å². The predicted molar refractivity (Wildman–Crippen MR) is 98.9 cm³/mol. The monoisotopic (exact) mass is 292 g/mol. The lowest BCUT2D eigenvalue weighted by Gasteiger charge is -2.00. The van der Waals surface area contributed by atoms with E-state index in [-0.39, 0.29) is 0 Å². The Balaban J connectivity index is 3.11. The molecule has 0 heteroatoms. The van der Waals surface area contributed by atoms with Gasteiger partial charge in [0, 0.05) is 0 Å². The molecule has 0 N–H and O–H groups in total. The first-order valence-electron chi connectivity index (χ1n) is 9.71. The third-order valence-electron chi connectivity index (χ3n) is 4.05. The molecule has 0 nitrogen and oxygen atoms in total. The van der Waals surface area contributed by atoms with E-state index < -0.39 is 0 Å². The van der Waals surface area contributed by atoms with E-state index in [4.69, 9.17) is 0 Å². The highest BCUT2D eigenvalue weighted by Gasteiger charge is 1.91. The molecule has 0 unspecified atom stereocenters. The zero-order valence-electron chi connectivity index (χ0n) is 14.9. The number of rotatable bonds is 16. The van der Waals surface area contributed by atoms with Gasteiger partial charge in [-0.2, -0.15) is 0 Å². The van der Waals surface area contributed by atoms with E-state index in [1.54, 1.807) is 0 Å². The molecule has 0 atom stereocenters. The lowest BCUT2D eigenvalue weighted by molar-refractivity contribution is 0.566. The average Bonchev–Trinajstić information content (AvgIpc) is 2.50. The normalized spacial score (nSPS) is 11.9. The molecule has 0 aromatic heterocycles. The van der Waals surface area contributed by atoms with E-state index in [0.29, 0.717) is 0 Å². The third kappa shape index (κ3) is 19.5. The number of hydrogen-bond donors (Lipinski definition) is 0. The quantitative estimate of drug-likeness (QED) is 0.200. The van der Waals surface area contributed by atoms with Gasteiger partial charge in [-0.1, -0.05) is 102 Å². The van der Waals surface area contributed by atoms with Crippen molar-refractivity contribution in [1.29, 1.82) is 0 Å². The summed E-state index contributed by atoms with van der Waals surface area (Å²) in [4.78, 5) is 0. The van der Waals surface area contributed by atoms with E-state index in [0.717, 1.165) is 6.42 Å². The molecule has 0 aliphatic carbocycles. The minimum Gasteiger partial charge on any atom is -0.0882 e. The van der Waals surface area contributed by atoms with Crippen LogP contribution in [0.4, 0.5) is 0 Å². The molecule has 0 radical (unpaired) electrons. The van der Waals surface area contributed by atoms with Crippen molar-refractivity contribution in [2.45, 2.75) is 110 Å². The van der Waals surface area contributed by atoms with E-state index in [1.807, 2.05) is 0 Å². The molecule has 0 aromatic carbocycles. The van der Waals surface area contributed by atoms with Crippen molar-refractivity contribution in [3.05, 3.63) is 24.3 Å². The minimum atomic E-state index is 1.13. The molecule has 0 bridgehead atoms. The van der Waals surface area contributed by atoms with E-state index in [9.17, 15) is 0 Å². The van der Waals surface area contributed by atoms with Gasteiger partial charge in [-0.3, -0.25) is 0 Å². The maximum Gasteiger partial charge on any atom is -0.0169 e. The van der Waals surface area contributed by atoms with Crippen molar-refractivity contribution in [1.82, 2.24) is 0 Å². The Morgan fingerprint density at radius 1 is 0.429 bits per heavy atom. The molecule has 0 aliphatic rings. The van der Waals surface area contributed by atoms with Crippen molar-refractivity contribution in [2.24, 2.45) is 0 Å². The Hall–Kier alpha value is -0.520. The molecule has 0 aromatic rings. The van der Waals surface area contributed by atoms with Gasteiger partial charge in [0.05, 0.1) is 0 Å². The Morgan fingerprint density at radius 2 is 0.810 bits per heavy atom. The topological polar surface area (TPSA) is 0 Å². The fourth-order valence-electron chi connectivity index (χ4n) is 2.59. The van der Waals surface area contributed by atoms with Crippen LogP contribution in [0.5, 0.6) is 0 Å². The maximum atomic E-state index is 2.37. The molecule has 21 heavy (non-hydrogen) atoms. The van der Waals surface area contributed by atoms with Crippen molar-refractivity contribution in [2.75, 3.05) is 0 Å². The van der Waals surface area contributed by atoms with Gasteiger partial charge in [-0.15, -0.1) is 0 Å². The minimum absolute atomic E-state index is 1.13. The van der Waals surface area contributed by atoms with E-state index >= 15 is 0 Å². The highest BCUT2D eigenvalue weighted by Crippen LogP contribution is 2.10. The first-order valence-corrected chi connectivity index (χ1v) is 9.71.